The van der Waals surface area contributed by atoms with Crippen molar-refractivity contribution in [2.45, 2.75) is 10.1 Å². The number of fused-ring (bicyclic) bond motifs is 1. The van der Waals surface area contributed by atoms with E-state index < -0.39 is 25.1 Å². The summed E-state index contributed by atoms with van der Waals surface area (Å²) in [6, 6.07) is 12.7. The second-order valence-electron chi connectivity index (χ2n) is 6.58. The molecule has 5 N–H and O–H groups in total. The Kier molecular flexibility index (Phi) is 5.44. The minimum atomic E-state index is -4.14. The van der Waals surface area contributed by atoms with Gasteiger partial charge in [0.05, 0.1) is 16.8 Å². The molecule has 3 aromatic rings. The molecule has 0 saturated heterocycles. The van der Waals surface area contributed by atoms with Crippen LogP contribution in [0.3, 0.4) is 0 Å². The van der Waals surface area contributed by atoms with Crippen LogP contribution in [0, 0.1) is 0 Å². The van der Waals surface area contributed by atoms with Crippen molar-refractivity contribution in [1.82, 2.24) is 0 Å². The van der Waals surface area contributed by atoms with Crippen molar-refractivity contribution in [1.29, 1.82) is 0 Å². The van der Waals surface area contributed by atoms with Crippen molar-refractivity contribution in [3.63, 3.8) is 0 Å². The predicted octanol–water partition coefficient (Wildman–Crippen LogP) is 2.10. The molecule has 1 unspecified atom stereocenters. The maximum absolute atomic E-state index is 13.4. The molecule has 3 aromatic carbocycles. The maximum atomic E-state index is 13.4. The zero-order valence-electron chi connectivity index (χ0n) is 15.4. The van der Waals surface area contributed by atoms with Gasteiger partial charge in [-0.25, -0.2) is 16.8 Å². The third-order valence-corrected chi connectivity index (χ3v) is 7.16. The highest BCUT2D eigenvalue weighted by Gasteiger charge is 2.31. The summed E-state index contributed by atoms with van der Waals surface area (Å²) in [7, 11) is -7.97. The molecule has 0 spiro atoms. The van der Waals surface area contributed by atoms with Crippen molar-refractivity contribution in [3.8, 4) is 11.5 Å². The first-order chi connectivity index (χ1) is 13.5. The van der Waals surface area contributed by atoms with Gasteiger partial charge in [0, 0.05) is 11.9 Å². The van der Waals surface area contributed by atoms with Crippen LogP contribution in [0.1, 0.15) is 10.8 Å². The summed E-state index contributed by atoms with van der Waals surface area (Å²) in [4.78, 5) is -0.260. The average Bonchev–Trinajstić information content (AvgIpc) is 2.63. The Morgan fingerprint density at radius 3 is 2.10 bits per heavy atom. The van der Waals surface area contributed by atoms with Crippen LogP contribution in [-0.2, 0) is 19.9 Å². The number of rotatable bonds is 6. The lowest BCUT2D eigenvalue weighted by atomic mass is 10.1. The van der Waals surface area contributed by atoms with Crippen LogP contribution >= 0.6 is 0 Å². The molecule has 0 saturated carbocycles. The average molecular weight is 437 g/mol. The zero-order valence-corrected chi connectivity index (χ0v) is 17.0. The van der Waals surface area contributed by atoms with Gasteiger partial charge in [0.1, 0.15) is 16.7 Å². The Labute approximate surface area is 168 Å². The second kappa shape index (κ2) is 7.54. The van der Waals surface area contributed by atoms with E-state index in [4.69, 9.17) is 5.73 Å². The first-order valence-corrected chi connectivity index (χ1v) is 11.9. The van der Waals surface area contributed by atoms with Crippen molar-refractivity contribution in [3.05, 3.63) is 60.2 Å². The maximum Gasteiger partial charge on any atom is 0.229 e. The Bertz CT molecular complexity index is 1270. The summed E-state index contributed by atoms with van der Waals surface area (Å²) in [5, 5.41) is 18.9. The van der Waals surface area contributed by atoms with Gasteiger partial charge in [0.2, 0.25) is 10.0 Å². The minimum Gasteiger partial charge on any atom is -0.508 e. The molecule has 154 valence electrons. The summed E-state index contributed by atoms with van der Waals surface area (Å²) in [5.41, 5.74) is 5.96. The predicted molar refractivity (Wildman–Crippen MR) is 111 cm³/mol. The number of benzene rings is 3. The van der Waals surface area contributed by atoms with E-state index in [1.807, 2.05) is 0 Å². The zero-order chi connectivity index (χ0) is 21.4. The van der Waals surface area contributed by atoms with Gasteiger partial charge in [-0.05, 0) is 41.3 Å². The largest absolute Gasteiger partial charge is 0.508 e. The van der Waals surface area contributed by atoms with Crippen LogP contribution in [0.2, 0.25) is 0 Å². The molecular formula is C19H20N2O6S2. The standard InChI is InChI=1S/C19H20N2O6S2/c1-28(24,25)21-19-16-10-15(23)8-2-12(16)5-9-17(19)29(26,27)18(11-20)13-3-6-14(22)7-4-13/h2-10,18,21-23H,11,20H2,1H3. The van der Waals surface area contributed by atoms with Crippen LogP contribution in [0.15, 0.2) is 59.5 Å². The molecule has 0 aliphatic rings. The quantitative estimate of drug-likeness (QED) is 0.463. The molecule has 0 aliphatic carbocycles. The van der Waals surface area contributed by atoms with Crippen molar-refractivity contribution in [2.24, 2.45) is 5.73 Å². The number of hydrogen-bond donors (Lipinski definition) is 4. The number of phenolic OH excluding ortho intramolecular Hbond substituents is 2. The summed E-state index contributed by atoms with van der Waals surface area (Å²) in [6.45, 7) is -0.260. The van der Waals surface area contributed by atoms with Gasteiger partial charge < -0.3 is 15.9 Å². The summed E-state index contributed by atoms with van der Waals surface area (Å²) < 4.78 is 53.0. The number of sulfonamides is 1. The van der Waals surface area contributed by atoms with Gasteiger partial charge in [0.15, 0.2) is 9.84 Å². The molecule has 0 aromatic heterocycles. The van der Waals surface area contributed by atoms with E-state index in [9.17, 15) is 27.0 Å². The smallest absolute Gasteiger partial charge is 0.229 e. The van der Waals surface area contributed by atoms with Crippen LogP contribution in [0.25, 0.3) is 10.8 Å². The molecule has 10 heteroatoms. The third-order valence-electron chi connectivity index (χ3n) is 4.41. The Balaban J connectivity index is 2.28. The van der Waals surface area contributed by atoms with Crippen LogP contribution in [0.5, 0.6) is 11.5 Å². The topological polar surface area (TPSA) is 147 Å². The molecule has 29 heavy (non-hydrogen) atoms. The highest BCUT2D eigenvalue weighted by atomic mass is 32.2. The van der Waals surface area contributed by atoms with E-state index in [-0.39, 0.29) is 34.0 Å². The van der Waals surface area contributed by atoms with Crippen LogP contribution in [0.4, 0.5) is 5.69 Å². The van der Waals surface area contributed by atoms with Crippen LogP contribution < -0.4 is 10.5 Å². The molecule has 3 rings (SSSR count). The van der Waals surface area contributed by atoms with E-state index in [2.05, 4.69) is 4.72 Å². The fourth-order valence-electron chi connectivity index (χ4n) is 3.10. The second-order valence-corrected chi connectivity index (χ2v) is 10.4. The highest BCUT2D eigenvalue weighted by molar-refractivity contribution is 7.93. The van der Waals surface area contributed by atoms with E-state index in [1.165, 1.54) is 48.5 Å². The molecular weight excluding hydrogens is 416 g/mol. The third kappa shape index (κ3) is 4.29. The van der Waals surface area contributed by atoms with Gasteiger partial charge in [0.25, 0.3) is 0 Å². The van der Waals surface area contributed by atoms with Crippen molar-refractivity contribution in [2.75, 3.05) is 17.5 Å². The summed E-state index contributed by atoms with van der Waals surface area (Å²) in [5.74, 6) is -0.167. The van der Waals surface area contributed by atoms with Gasteiger partial charge in [-0.2, -0.15) is 0 Å². The number of sulfone groups is 1. The number of nitrogens with two attached hydrogens (primary N) is 1. The van der Waals surface area contributed by atoms with E-state index in [1.54, 1.807) is 6.07 Å². The SMILES string of the molecule is CS(=O)(=O)Nc1c(S(=O)(=O)C(CN)c2ccc(O)cc2)ccc2ccc(O)cc12. The highest BCUT2D eigenvalue weighted by Crippen LogP contribution is 2.38. The van der Waals surface area contributed by atoms with E-state index in [0.29, 0.717) is 10.9 Å². The molecule has 0 fully saturated rings. The molecule has 0 radical (unpaired) electrons. The van der Waals surface area contributed by atoms with Gasteiger partial charge in [-0.1, -0.05) is 24.3 Å². The minimum absolute atomic E-state index is 0.0254. The number of anilines is 1. The summed E-state index contributed by atoms with van der Waals surface area (Å²) >= 11 is 0. The van der Waals surface area contributed by atoms with Crippen molar-refractivity contribution < 1.29 is 27.0 Å². The molecule has 1 atom stereocenters. The van der Waals surface area contributed by atoms with E-state index >= 15 is 0 Å². The fraction of sp³-hybridized carbons (Fsp3) is 0.158. The number of hydrogen-bond acceptors (Lipinski definition) is 7. The lowest BCUT2D eigenvalue weighted by Gasteiger charge is -2.20. The first kappa shape index (κ1) is 20.9. The molecule has 0 aliphatic heterocycles. The fourth-order valence-corrected chi connectivity index (χ4v) is 5.53. The molecule has 8 nitrogen and oxygen atoms in total. The first-order valence-electron chi connectivity index (χ1n) is 8.49. The monoisotopic (exact) mass is 436 g/mol. The van der Waals surface area contributed by atoms with Gasteiger partial charge in [-0.3, -0.25) is 4.72 Å². The Morgan fingerprint density at radius 1 is 0.931 bits per heavy atom. The van der Waals surface area contributed by atoms with Crippen LogP contribution in [-0.4, -0.2) is 39.8 Å². The van der Waals surface area contributed by atoms with Gasteiger partial charge in [-0.15, -0.1) is 0 Å². The number of nitrogens with one attached hydrogen (secondary N) is 1. The van der Waals surface area contributed by atoms with E-state index in [0.717, 1.165) is 6.26 Å². The lowest BCUT2D eigenvalue weighted by molar-refractivity contribution is 0.474. The summed E-state index contributed by atoms with van der Waals surface area (Å²) in [6.07, 6.45) is 0.908. The van der Waals surface area contributed by atoms with Crippen molar-refractivity contribution >= 4 is 36.3 Å². The number of aromatic hydroxyl groups is 2. The van der Waals surface area contributed by atoms with Gasteiger partial charge >= 0.3 is 0 Å². The lowest BCUT2D eigenvalue weighted by Crippen LogP contribution is -2.24. The molecule has 0 bridgehead atoms. The Morgan fingerprint density at radius 2 is 1.52 bits per heavy atom. The normalized spacial score (nSPS) is 13.3. The molecule has 0 heterocycles. The number of phenols is 2. The molecule has 0 amide bonds. The Hall–Kier alpha value is -2.82.